The number of benzene rings is 1. The van der Waals surface area contributed by atoms with Gasteiger partial charge in [-0.15, -0.1) is 5.10 Å². The summed E-state index contributed by atoms with van der Waals surface area (Å²) in [5.41, 5.74) is 0.716. The second-order valence-electron chi connectivity index (χ2n) is 3.66. The minimum absolute atomic E-state index is 0.00817. The van der Waals surface area contributed by atoms with Crippen molar-refractivity contribution in [1.29, 1.82) is 0 Å². The molecule has 2 rings (SSSR count). The molecule has 1 aromatic carbocycles. The number of nitrogens with zero attached hydrogens (tertiary/aromatic N) is 3. The van der Waals surface area contributed by atoms with Crippen molar-refractivity contribution in [1.82, 2.24) is 15.0 Å². The molecule has 0 saturated carbocycles. The quantitative estimate of drug-likeness (QED) is 0.816. The summed E-state index contributed by atoms with van der Waals surface area (Å²) in [5.74, 6) is -1.15. The first kappa shape index (κ1) is 12.2. The normalized spacial score (nSPS) is 12.7. The van der Waals surface area contributed by atoms with Gasteiger partial charge in [0.2, 0.25) is 0 Å². The minimum Gasteiger partial charge on any atom is -0.248 e. The van der Waals surface area contributed by atoms with Crippen molar-refractivity contribution in [2.75, 3.05) is 0 Å². The number of rotatable bonds is 3. The molecule has 3 nitrogen and oxygen atoms in total. The molecule has 17 heavy (non-hydrogen) atoms. The van der Waals surface area contributed by atoms with E-state index >= 15 is 0 Å². The third-order valence-corrected chi connectivity index (χ3v) is 2.81. The Labute approximate surface area is 106 Å². The molecular weight excluding hydrogens is 292 g/mol. The van der Waals surface area contributed by atoms with E-state index in [1.54, 1.807) is 6.20 Å². The summed E-state index contributed by atoms with van der Waals surface area (Å²) < 4.78 is 28.2. The fraction of sp³-hybridized carbons (Fsp3) is 0.273. The van der Waals surface area contributed by atoms with Crippen LogP contribution in [0.1, 0.15) is 23.0 Å². The highest BCUT2D eigenvalue weighted by Gasteiger charge is 2.11. The molecule has 0 fully saturated rings. The van der Waals surface area contributed by atoms with Gasteiger partial charge in [-0.25, -0.2) is 13.5 Å². The first-order valence-corrected chi connectivity index (χ1v) is 5.96. The van der Waals surface area contributed by atoms with E-state index in [0.29, 0.717) is 0 Å². The molecule has 0 saturated heterocycles. The number of halogens is 3. The number of hydrogen-bond acceptors (Lipinski definition) is 2. The number of hydrogen-bond donors (Lipinski definition) is 0. The molecule has 0 N–H and O–H groups in total. The summed E-state index contributed by atoms with van der Waals surface area (Å²) in [6.45, 7) is 1.93. The van der Waals surface area contributed by atoms with Gasteiger partial charge in [-0.1, -0.05) is 27.2 Å². The Balaban J connectivity index is 2.25. The van der Waals surface area contributed by atoms with Crippen LogP contribution in [0.2, 0.25) is 0 Å². The Kier molecular flexibility index (Phi) is 3.51. The predicted octanol–water partition coefficient (Wildman–Crippen LogP) is 3.06. The summed E-state index contributed by atoms with van der Waals surface area (Å²) in [6, 6.07) is 3.79. The monoisotopic (exact) mass is 301 g/mol. The Morgan fingerprint density at radius 1 is 1.35 bits per heavy atom. The molecule has 6 heteroatoms. The van der Waals surface area contributed by atoms with Crippen LogP contribution in [0.4, 0.5) is 8.78 Å². The average Bonchev–Trinajstić information content (AvgIpc) is 2.72. The van der Waals surface area contributed by atoms with Crippen LogP contribution in [0.5, 0.6) is 0 Å². The molecule has 0 aliphatic rings. The molecule has 0 aliphatic heterocycles. The third-order valence-electron chi connectivity index (χ3n) is 2.35. The highest BCUT2D eigenvalue weighted by atomic mass is 79.9. The van der Waals surface area contributed by atoms with E-state index in [-0.39, 0.29) is 16.9 Å². The Morgan fingerprint density at radius 2 is 2.00 bits per heavy atom. The molecule has 0 aliphatic carbocycles. The van der Waals surface area contributed by atoms with E-state index in [9.17, 15) is 8.78 Å². The fourth-order valence-corrected chi connectivity index (χ4v) is 1.63. The lowest BCUT2D eigenvalue weighted by Gasteiger charge is -2.03. The second-order valence-corrected chi connectivity index (χ2v) is 5.03. The Hall–Kier alpha value is -1.30. The van der Waals surface area contributed by atoms with Gasteiger partial charge in [-0.2, -0.15) is 0 Å². The first-order valence-electron chi connectivity index (χ1n) is 5.05. The first-order chi connectivity index (χ1) is 8.08. The average molecular weight is 302 g/mol. The Morgan fingerprint density at radius 3 is 2.53 bits per heavy atom. The van der Waals surface area contributed by atoms with Crippen LogP contribution in [0.25, 0.3) is 0 Å². The van der Waals surface area contributed by atoms with Crippen LogP contribution in [0.3, 0.4) is 0 Å². The van der Waals surface area contributed by atoms with Gasteiger partial charge in [0.05, 0.1) is 17.1 Å². The zero-order chi connectivity index (χ0) is 12.4. The molecule has 2 aromatic rings. The summed E-state index contributed by atoms with van der Waals surface area (Å²) in [4.78, 5) is 0.0571. The molecule has 1 unspecified atom stereocenters. The van der Waals surface area contributed by atoms with Crippen LogP contribution in [0, 0.1) is 11.6 Å². The largest absolute Gasteiger partial charge is 0.248 e. The van der Waals surface area contributed by atoms with Gasteiger partial charge < -0.3 is 0 Å². The van der Waals surface area contributed by atoms with Crippen molar-refractivity contribution in [2.45, 2.75) is 18.3 Å². The molecule has 1 aromatic heterocycles. The highest BCUT2D eigenvalue weighted by Crippen LogP contribution is 2.19. The molecule has 0 bridgehead atoms. The van der Waals surface area contributed by atoms with E-state index in [1.807, 2.05) is 6.92 Å². The van der Waals surface area contributed by atoms with Crippen LogP contribution in [-0.2, 0) is 6.54 Å². The van der Waals surface area contributed by atoms with Gasteiger partial charge in [-0.05, 0) is 19.1 Å². The summed E-state index contributed by atoms with van der Waals surface area (Å²) in [6.07, 6.45) is 1.66. The number of aromatic nitrogens is 3. The van der Waals surface area contributed by atoms with Crippen molar-refractivity contribution in [3.05, 3.63) is 47.3 Å². The molecular formula is C11H10BrF2N3. The van der Waals surface area contributed by atoms with Gasteiger partial charge in [-0.3, -0.25) is 0 Å². The van der Waals surface area contributed by atoms with Gasteiger partial charge in [0.1, 0.15) is 11.6 Å². The molecule has 1 atom stereocenters. The van der Waals surface area contributed by atoms with Crippen LogP contribution >= 0.6 is 15.9 Å². The van der Waals surface area contributed by atoms with Gasteiger partial charge in [0.25, 0.3) is 0 Å². The minimum atomic E-state index is -0.575. The predicted molar refractivity (Wildman–Crippen MR) is 62.8 cm³/mol. The maximum absolute atomic E-state index is 13.4. The molecule has 1 heterocycles. The van der Waals surface area contributed by atoms with Crippen LogP contribution in [0.15, 0.2) is 24.4 Å². The van der Waals surface area contributed by atoms with E-state index in [1.165, 1.54) is 22.9 Å². The summed E-state index contributed by atoms with van der Waals surface area (Å²) in [5, 5.41) is 7.71. The van der Waals surface area contributed by atoms with E-state index in [4.69, 9.17) is 0 Å². The third kappa shape index (κ3) is 2.69. The smallest absolute Gasteiger partial charge is 0.131 e. The van der Waals surface area contributed by atoms with Gasteiger partial charge >= 0.3 is 0 Å². The topological polar surface area (TPSA) is 30.7 Å². The zero-order valence-electron chi connectivity index (χ0n) is 9.07. The van der Waals surface area contributed by atoms with Crippen molar-refractivity contribution in [3.8, 4) is 0 Å². The van der Waals surface area contributed by atoms with E-state index < -0.39 is 11.6 Å². The summed E-state index contributed by atoms with van der Waals surface area (Å²) in [7, 11) is 0. The SMILES string of the molecule is CC(Br)c1cn(Cc2c(F)cccc2F)nn1. The molecule has 0 spiro atoms. The fourth-order valence-electron chi connectivity index (χ4n) is 1.42. The second kappa shape index (κ2) is 4.91. The zero-order valence-corrected chi connectivity index (χ0v) is 10.7. The van der Waals surface area contributed by atoms with Gasteiger partial charge in [0, 0.05) is 11.8 Å². The summed E-state index contributed by atoms with van der Waals surface area (Å²) >= 11 is 3.35. The lowest BCUT2D eigenvalue weighted by molar-refractivity contribution is 0.528. The maximum atomic E-state index is 13.4. The van der Waals surface area contributed by atoms with Crippen molar-refractivity contribution in [3.63, 3.8) is 0 Å². The maximum Gasteiger partial charge on any atom is 0.131 e. The van der Waals surface area contributed by atoms with E-state index in [0.717, 1.165) is 5.69 Å². The standard InChI is InChI=1S/C11H10BrF2N3/c1-7(12)11-6-17(16-15-11)5-8-9(13)3-2-4-10(8)14/h2-4,6-7H,5H2,1H3. The van der Waals surface area contributed by atoms with Crippen molar-refractivity contribution < 1.29 is 8.78 Å². The molecule has 90 valence electrons. The van der Waals surface area contributed by atoms with Crippen LogP contribution < -0.4 is 0 Å². The molecule has 0 amide bonds. The van der Waals surface area contributed by atoms with Crippen LogP contribution in [-0.4, -0.2) is 15.0 Å². The van der Waals surface area contributed by atoms with Crippen molar-refractivity contribution in [2.24, 2.45) is 0 Å². The highest BCUT2D eigenvalue weighted by molar-refractivity contribution is 9.09. The molecule has 0 radical (unpaired) electrons. The lowest BCUT2D eigenvalue weighted by Crippen LogP contribution is -2.05. The van der Waals surface area contributed by atoms with E-state index in [2.05, 4.69) is 26.2 Å². The number of alkyl halides is 1. The van der Waals surface area contributed by atoms with Crippen molar-refractivity contribution >= 4 is 15.9 Å². The Bertz CT molecular complexity index is 505. The van der Waals surface area contributed by atoms with Gasteiger partial charge in [0.15, 0.2) is 0 Å². The lowest BCUT2D eigenvalue weighted by atomic mass is 10.2.